The molecule has 1 saturated carbocycles. The second-order valence-corrected chi connectivity index (χ2v) is 4.06. The second-order valence-electron chi connectivity index (χ2n) is 4.06. The van der Waals surface area contributed by atoms with Gasteiger partial charge in [-0.1, -0.05) is 0 Å². The summed E-state index contributed by atoms with van der Waals surface area (Å²) in [5, 5.41) is 16.1. The zero-order chi connectivity index (χ0) is 10.0. The number of aromatic nitrogens is 2. The van der Waals surface area contributed by atoms with Crippen LogP contribution in [0.25, 0.3) is 0 Å². The highest BCUT2D eigenvalue weighted by molar-refractivity contribution is 5.33. The molecule has 0 aromatic carbocycles. The van der Waals surface area contributed by atoms with Crippen molar-refractivity contribution in [1.29, 1.82) is 5.26 Å². The lowest BCUT2D eigenvalue weighted by Crippen LogP contribution is -2.15. The van der Waals surface area contributed by atoms with Crippen LogP contribution in [-0.4, -0.2) is 16.3 Å². The first kappa shape index (κ1) is 9.07. The summed E-state index contributed by atoms with van der Waals surface area (Å²) in [4.78, 5) is 0. The maximum atomic E-state index is 8.65. The molecule has 0 aliphatic heterocycles. The van der Waals surface area contributed by atoms with Crippen molar-refractivity contribution in [1.82, 2.24) is 9.78 Å². The van der Waals surface area contributed by atoms with Crippen LogP contribution in [0.5, 0.6) is 0 Å². The Hall–Kier alpha value is -1.50. The van der Waals surface area contributed by atoms with E-state index in [1.54, 1.807) is 4.68 Å². The van der Waals surface area contributed by atoms with E-state index in [1.165, 1.54) is 12.8 Å². The van der Waals surface area contributed by atoms with Gasteiger partial charge in [0, 0.05) is 37.7 Å². The van der Waals surface area contributed by atoms with Crippen LogP contribution in [0.15, 0.2) is 12.3 Å². The Bertz CT molecular complexity index is 356. The first-order valence-corrected chi connectivity index (χ1v) is 4.85. The van der Waals surface area contributed by atoms with Gasteiger partial charge in [-0.05, 0) is 12.8 Å². The summed E-state index contributed by atoms with van der Waals surface area (Å²) >= 11 is 0. The minimum Gasteiger partial charge on any atom is -0.368 e. The predicted octanol–water partition coefficient (Wildman–Crippen LogP) is 1.53. The summed E-state index contributed by atoms with van der Waals surface area (Å²) in [7, 11) is 1.90. The molecule has 0 atom stereocenters. The van der Waals surface area contributed by atoms with Gasteiger partial charge in [0.1, 0.15) is 5.82 Å². The number of aryl methyl sites for hydroxylation is 1. The Morgan fingerprint density at radius 3 is 3.00 bits per heavy atom. The van der Waals surface area contributed by atoms with Crippen LogP contribution in [0.3, 0.4) is 0 Å². The second kappa shape index (κ2) is 3.33. The topological polar surface area (TPSA) is 53.6 Å². The number of rotatable bonds is 4. The molecule has 2 rings (SSSR count). The van der Waals surface area contributed by atoms with E-state index < -0.39 is 0 Å². The Labute approximate surface area is 83.5 Å². The molecule has 0 saturated heterocycles. The van der Waals surface area contributed by atoms with E-state index in [-0.39, 0.29) is 5.41 Å². The summed E-state index contributed by atoms with van der Waals surface area (Å²) in [5.74, 6) is 0.900. The Kier molecular flexibility index (Phi) is 2.16. The fourth-order valence-corrected chi connectivity index (χ4v) is 1.55. The highest BCUT2D eigenvalue weighted by Crippen LogP contribution is 2.48. The van der Waals surface area contributed by atoms with Gasteiger partial charge in [0.15, 0.2) is 0 Å². The molecule has 0 radical (unpaired) electrons. The minimum atomic E-state index is 0.242. The molecule has 1 aromatic heterocycles. The van der Waals surface area contributed by atoms with Gasteiger partial charge < -0.3 is 5.32 Å². The van der Waals surface area contributed by atoms with Gasteiger partial charge in [-0.25, -0.2) is 0 Å². The van der Waals surface area contributed by atoms with E-state index in [0.717, 1.165) is 12.4 Å². The van der Waals surface area contributed by atoms with Crippen molar-refractivity contribution in [3.05, 3.63) is 12.3 Å². The van der Waals surface area contributed by atoms with E-state index >= 15 is 0 Å². The third-order valence-electron chi connectivity index (χ3n) is 2.77. The molecule has 0 bridgehead atoms. The minimum absolute atomic E-state index is 0.242. The molecule has 1 aliphatic carbocycles. The molecule has 4 nitrogen and oxygen atoms in total. The first-order chi connectivity index (χ1) is 6.74. The number of hydrogen-bond acceptors (Lipinski definition) is 3. The normalized spacial score (nSPS) is 17.4. The van der Waals surface area contributed by atoms with Gasteiger partial charge in [0.05, 0.1) is 6.07 Å². The van der Waals surface area contributed by atoms with Crippen LogP contribution in [0.4, 0.5) is 5.82 Å². The lowest BCUT2D eigenvalue weighted by atomic mass is 10.0. The van der Waals surface area contributed by atoms with Crippen LogP contribution in [0.2, 0.25) is 0 Å². The third kappa shape index (κ3) is 1.87. The van der Waals surface area contributed by atoms with E-state index in [4.69, 9.17) is 5.26 Å². The Balaban J connectivity index is 1.86. The summed E-state index contributed by atoms with van der Waals surface area (Å²) < 4.78 is 1.77. The van der Waals surface area contributed by atoms with Crippen LogP contribution in [0.1, 0.15) is 19.3 Å². The maximum Gasteiger partial charge on any atom is 0.147 e. The van der Waals surface area contributed by atoms with Crippen molar-refractivity contribution in [2.45, 2.75) is 19.3 Å². The zero-order valence-corrected chi connectivity index (χ0v) is 8.32. The molecule has 1 N–H and O–H groups in total. The summed E-state index contributed by atoms with van der Waals surface area (Å²) in [6.45, 7) is 0.873. The average molecular weight is 190 g/mol. The maximum absolute atomic E-state index is 8.65. The Morgan fingerprint density at radius 1 is 1.71 bits per heavy atom. The number of nitrogens with zero attached hydrogens (tertiary/aromatic N) is 3. The van der Waals surface area contributed by atoms with Gasteiger partial charge in [0.2, 0.25) is 0 Å². The van der Waals surface area contributed by atoms with Crippen LogP contribution in [-0.2, 0) is 7.05 Å². The molecule has 0 unspecified atom stereocenters. The monoisotopic (exact) mass is 190 g/mol. The summed E-state index contributed by atoms with van der Waals surface area (Å²) in [6, 6.07) is 4.19. The fourth-order valence-electron chi connectivity index (χ4n) is 1.55. The average Bonchev–Trinajstić information content (AvgIpc) is 2.80. The smallest absolute Gasteiger partial charge is 0.147 e. The van der Waals surface area contributed by atoms with Gasteiger partial charge in [0.25, 0.3) is 0 Å². The Morgan fingerprint density at radius 2 is 2.50 bits per heavy atom. The van der Waals surface area contributed by atoms with Crippen molar-refractivity contribution < 1.29 is 0 Å². The van der Waals surface area contributed by atoms with E-state index in [2.05, 4.69) is 16.5 Å². The molecular weight excluding hydrogens is 176 g/mol. The molecule has 1 fully saturated rings. The van der Waals surface area contributed by atoms with Crippen molar-refractivity contribution >= 4 is 5.82 Å². The lowest BCUT2D eigenvalue weighted by molar-refractivity contribution is 0.555. The molecule has 14 heavy (non-hydrogen) atoms. The number of nitrogens with one attached hydrogen (secondary N) is 1. The zero-order valence-electron chi connectivity index (χ0n) is 8.32. The predicted molar refractivity (Wildman–Crippen MR) is 53.6 cm³/mol. The number of anilines is 1. The molecule has 0 amide bonds. The van der Waals surface area contributed by atoms with Gasteiger partial charge in [-0.3, -0.25) is 4.68 Å². The van der Waals surface area contributed by atoms with Crippen LogP contribution >= 0.6 is 0 Å². The van der Waals surface area contributed by atoms with Gasteiger partial charge >= 0.3 is 0 Å². The molecule has 0 spiro atoms. The molecule has 74 valence electrons. The molecule has 4 heteroatoms. The standard InChI is InChI=1S/C10H14N4/c1-14-7-2-9(13-14)12-8-10(3-4-10)5-6-11/h2,7H,3-5,8H2,1H3,(H,12,13). The number of hydrogen-bond donors (Lipinski definition) is 1. The molecule has 1 aromatic rings. The molecular formula is C10H14N4. The SMILES string of the molecule is Cn1ccc(NCC2(CC#N)CC2)n1. The van der Waals surface area contributed by atoms with Crippen LogP contribution < -0.4 is 5.32 Å². The largest absolute Gasteiger partial charge is 0.368 e. The highest BCUT2D eigenvalue weighted by atomic mass is 15.3. The van der Waals surface area contributed by atoms with E-state index in [1.807, 2.05) is 19.3 Å². The van der Waals surface area contributed by atoms with E-state index in [0.29, 0.717) is 6.42 Å². The van der Waals surface area contributed by atoms with E-state index in [9.17, 15) is 0 Å². The third-order valence-corrected chi connectivity index (χ3v) is 2.77. The van der Waals surface area contributed by atoms with Crippen molar-refractivity contribution in [2.24, 2.45) is 12.5 Å². The van der Waals surface area contributed by atoms with Crippen molar-refractivity contribution in [2.75, 3.05) is 11.9 Å². The summed E-state index contributed by atoms with van der Waals surface area (Å²) in [6.07, 6.45) is 4.90. The highest BCUT2D eigenvalue weighted by Gasteiger charge is 2.42. The number of nitriles is 1. The lowest BCUT2D eigenvalue weighted by Gasteiger charge is -2.10. The first-order valence-electron chi connectivity index (χ1n) is 4.85. The quantitative estimate of drug-likeness (QED) is 0.783. The van der Waals surface area contributed by atoms with Crippen molar-refractivity contribution in [3.63, 3.8) is 0 Å². The van der Waals surface area contributed by atoms with Crippen LogP contribution in [0, 0.1) is 16.7 Å². The fraction of sp³-hybridized carbons (Fsp3) is 0.600. The molecule has 1 heterocycles. The van der Waals surface area contributed by atoms with Crippen molar-refractivity contribution in [3.8, 4) is 6.07 Å². The van der Waals surface area contributed by atoms with Gasteiger partial charge in [-0.2, -0.15) is 10.4 Å². The van der Waals surface area contributed by atoms with Gasteiger partial charge in [-0.15, -0.1) is 0 Å². The molecule has 1 aliphatic rings. The summed E-state index contributed by atoms with van der Waals surface area (Å²) in [5.41, 5.74) is 0.242.